The van der Waals surface area contributed by atoms with Gasteiger partial charge in [0.05, 0.1) is 22.7 Å². The van der Waals surface area contributed by atoms with Crippen molar-refractivity contribution in [3.8, 4) is 57.1 Å². The van der Waals surface area contributed by atoms with Crippen LogP contribution in [0.2, 0.25) is 0 Å². The number of ether oxygens (including phenoxy) is 4. The molecule has 0 fully saturated rings. The summed E-state index contributed by atoms with van der Waals surface area (Å²) in [7, 11) is 0. The number of rotatable bonds is 1. The minimum absolute atomic E-state index is 0.369. The van der Waals surface area contributed by atoms with Crippen LogP contribution in [-0.4, -0.2) is 0 Å². The average Bonchev–Trinajstić information content (AvgIpc) is 3.03. The molecule has 0 saturated heterocycles. The predicted molar refractivity (Wildman–Crippen MR) is 161 cm³/mol. The van der Waals surface area contributed by atoms with Crippen molar-refractivity contribution >= 4 is 34.1 Å². The fourth-order valence-electron chi connectivity index (χ4n) is 6.44. The number of hydrogen-bond donors (Lipinski definition) is 0. The normalized spacial score (nSPS) is 13.9. The topological polar surface area (TPSA) is 43.4 Å². The second kappa shape index (κ2) is 8.29. The molecule has 4 aliphatic rings. The Labute approximate surface area is 249 Å². The number of para-hydroxylation sites is 4. The zero-order valence-corrected chi connectivity index (χ0v) is 22.7. The molecule has 10 rings (SSSR count). The molecule has 210 valence electrons. The van der Waals surface area contributed by atoms with Crippen LogP contribution in [0.1, 0.15) is 0 Å². The van der Waals surface area contributed by atoms with E-state index in [1.165, 1.54) is 24.3 Å². The Kier molecular flexibility index (Phi) is 4.44. The minimum Gasteiger partial charge on any atom is -0.453 e. The summed E-state index contributed by atoms with van der Waals surface area (Å²) in [6, 6.07) is 32.6. The zero-order chi connectivity index (χ0) is 29.1. The van der Waals surface area contributed by atoms with Gasteiger partial charge in [0.1, 0.15) is 23.0 Å². The molecule has 0 spiro atoms. The van der Waals surface area contributed by atoms with Crippen LogP contribution >= 0.6 is 0 Å². The molecule has 6 aromatic carbocycles. The second-order valence-electron chi connectivity index (χ2n) is 10.9. The predicted octanol–water partition coefficient (Wildman–Crippen LogP) is 11.0. The number of hydrogen-bond acceptors (Lipinski definition) is 6. The first-order valence-corrected chi connectivity index (χ1v) is 14.0. The van der Waals surface area contributed by atoms with Gasteiger partial charge in [0, 0.05) is 24.3 Å². The molecule has 0 bridgehead atoms. The molecule has 0 radical (unpaired) electrons. The van der Waals surface area contributed by atoms with Crippen LogP contribution in [0.3, 0.4) is 0 Å². The van der Waals surface area contributed by atoms with Gasteiger partial charge in [-0.3, -0.25) is 9.80 Å². The molecule has 6 nitrogen and oxygen atoms in total. The Morgan fingerprint density at radius 3 is 1.16 bits per heavy atom. The highest BCUT2D eigenvalue weighted by Crippen LogP contribution is 2.62. The third-order valence-corrected chi connectivity index (χ3v) is 8.28. The summed E-state index contributed by atoms with van der Waals surface area (Å²) in [5.41, 5.74) is 6.33. The Balaban J connectivity index is 1.10. The van der Waals surface area contributed by atoms with Gasteiger partial charge in [0.2, 0.25) is 0 Å². The zero-order valence-electron chi connectivity index (χ0n) is 22.7. The first kappa shape index (κ1) is 23.5. The molecule has 0 aliphatic carbocycles. The Morgan fingerprint density at radius 1 is 0.364 bits per heavy atom. The highest BCUT2D eigenvalue weighted by Gasteiger charge is 2.37. The Morgan fingerprint density at radius 2 is 0.727 bits per heavy atom. The summed E-state index contributed by atoms with van der Waals surface area (Å²) < 4.78 is 53.9. The van der Waals surface area contributed by atoms with Crippen molar-refractivity contribution in [2.45, 2.75) is 0 Å². The van der Waals surface area contributed by atoms with Crippen LogP contribution in [0, 0.1) is 11.6 Å². The Hall–Kier alpha value is -6.02. The van der Waals surface area contributed by atoms with Crippen molar-refractivity contribution in [2.75, 3.05) is 9.80 Å². The monoisotopic (exact) mass is 580 g/mol. The molecule has 0 saturated carbocycles. The van der Waals surface area contributed by atoms with E-state index in [0.29, 0.717) is 57.4 Å². The molecule has 0 aromatic heterocycles. The van der Waals surface area contributed by atoms with Gasteiger partial charge < -0.3 is 18.9 Å². The van der Waals surface area contributed by atoms with Crippen molar-refractivity contribution in [3.63, 3.8) is 0 Å². The van der Waals surface area contributed by atoms with Crippen LogP contribution < -0.4 is 28.7 Å². The van der Waals surface area contributed by atoms with Crippen LogP contribution in [0.25, 0.3) is 11.1 Å². The molecular formula is C36H18F2N2O4. The molecule has 4 heterocycles. The number of halogens is 2. The molecule has 6 aromatic rings. The summed E-state index contributed by atoms with van der Waals surface area (Å²) in [4.78, 5) is 4.08. The van der Waals surface area contributed by atoms with E-state index in [-0.39, 0.29) is 0 Å². The lowest BCUT2D eigenvalue weighted by Gasteiger charge is -2.38. The van der Waals surface area contributed by atoms with Crippen LogP contribution in [0.5, 0.6) is 46.0 Å². The Bertz CT molecular complexity index is 2090. The maximum atomic E-state index is 14.6. The first-order valence-electron chi connectivity index (χ1n) is 14.0. The summed E-state index contributed by atoms with van der Waals surface area (Å²) in [5, 5.41) is 0. The summed E-state index contributed by atoms with van der Waals surface area (Å²) in [6.45, 7) is 0. The van der Waals surface area contributed by atoms with Gasteiger partial charge >= 0.3 is 0 Å². The third kappa shape index (κ3) is 3.16. The summed E-state index contributed by atoms with van der Waals surface area (Å²) >= 11 is 0. The molecule has 4 aliphatic heterocycles. The van der Waals surface area contributed by atoms with E-state index in [4.69, 9.17) is 18.9 Å². The van der Waals surface area contributed by atoms with Gasteiger partial charge in [-0.1, -0.05) is 36.4 Å². The van der Waals surface area contributed by atoms with E-state index in [2.05, 4.69) is 0 Å². The van der Waals surface area contributed by atoms with Gasteiger partial charge in [-0.25, -0.2) is 8.78 Å². The maximum absolute atomic E-state index is 14.6. The van der Waals surface area contributed by atoms with Gasteiger partial charge in [-0.05, 0) is 59.7 Å². The van der Waals surface area contributed by atoms with E-state index in [1.54, 1.807) is 0 Å². The molecule has 44 heavy (non-hydrogen) atoms. The smallest absolute Gasteiger partial charge is 0.158 e. The van der Waals surface area contributed by atoms with E-state index in [9.17, 15) is 8.78 Å². The fraction of sp³-hybridized carbons (Fsp3) is 0. The molecule has 0 amide bonds. The van der Waals surface area contributed by atoms with Gasteiger partial charge in [-0.2, -0.15) is 0 Å². The van der Waals surface area contributed by atoms with Crippen LogP contribution in [-0.2, 0) is 0 Å². The van der Waals surface area contributed by atoms with E-state index in [1.807, 2.05) is 94.7 Å². The maximum Gasteiger partial charge on any atom is 0.158 e. The van der Waals surface area contributed by atoms with E-state index in [0.717, 1.165) is 33.9 Å². The highest BCUT2D eigenvalue weighted by molar-refractivity contribution is 5.96. The minimum atomic E-state index is -0.450. The van der Waals surface area contributed by atoms with Crippen molar-refractivity contribution in [3.05, 3.63) is 121 Å². The highest BCUT2D eigenvalue weighted by atomic mass is 19.1. The average molecular weight is 581 g/mol. The summed E-state index contributed by atoms with van der Waals surface area (Å²) in [5.74, 6) is 3.02. The third-order valence-electron chi connectivity index (χ3n) is 8.28. The second-order valence-corrected chi connectivity index (χ2v) is 10.9. The van der Waals surface area contributed by atoms with Crippen LogP contribution in [0.15, 0.2) is 109 Å². The number of fused-ring (bicyclic) bond motifs is 8. The summed E-state index contributed by atoms with van der Waals surface area (Å²) in [6.07, 6.45) is 0. The van der Waals surface area contributed by atoms with Crippen molar-refractivity contribution in [1.82, 2.24) is 0 Å². The molecule has 0 N–H and O–H groups in total. The fourth-order valence-corrected chi connectivity index (χ4v) is 6.44. The largest absolute Gasteiger partial charge is 0.453 e. The lowest BCUT2D eigenvalue weighted by atomic mass is 10.00. The number of benzene rings is 6. The molecule has 0 atom stereocenters. The number of anilines is 6. The SMILES string of the molecule is Fc1cc2c3c(c1)Oc1cc(-c4ccc5c(c4)Oc4cc(F)cc6c4N5c4ccccc4O6)ccc1N3c1ccccc1O2. The van der Waals surface area contributed by atoms with Crippen molar-refractivity contribution in [1.29, 1.82) is 0 Å². The van der Waals surface area contributed by atoms with Crippen molar-refractivity contribution < 1.29 is 27.7 Å². The van der Waals surface area contributed by atoms with Gasteiger partial charge in [0.15, 0.2) is 46.0 Å². The van der Waals surface area contributed by atoms with Gasteiger partial charge in [-0.15, -0.1) is 0 Å². The van der Waals surface area contributed by atoms with E-state index >= 15 is 0 Å². The molecule has 0 unspecified atom stereocenters. The van der Waals surface area contributed by atoms with Gasteiger partial charge in [0.25, 0.3) is 0 Å². The first-order chi connectivity index (χ1) is 21.6. The molecular weight excluding hydrogens is 562 g/mol. The molecule has 8 heteroatoms. The lowest BCUT2D eigenvalue weighted by Crippen LogP contribution is -2.20. The quantitative estimate of drug-likeness (QED) is 0.192. The lowest BCUT2D eigenvalue weighted by molar-refractivity contribution is 0.437. The van der Waals surface area contributed by atoms with E-state index < -0.39 is 11.6 Å². The van der Waals surface area contributed by atoms with Crippen molar-refractivity contribution in [2.24, 2.45) is 0 Å². The standard InChI is InChI=1S/C36H18F2N2O4/c37-21-15-31-35-33(17-21)43-29-13-19(9-11-25(29)39(35)23-5-1-3-7-27(23)41-31)20-10-12-26-30(14-20)44-34-18-22(38)16-32-36(34)40(26)24-6-2-4-8-28(24)42-32/h1-18H. The number of nitrogens with zero attached hydrogens (tertiary/aromatic N) is 2. The van der Waals surface area contributed by atoms with Crippen LogP contribution in [0.4, 0.5) is 42.9 Å².